The summed E-state index contributed by atoms with van der Waals surface area (Å²) < 4.78 is 5.07. The van der Waals surface area contributed by atoms with Gasteiger partial charge in [0.15, 0.2) is 5.17 Å². The average Bonchev–Trinajstić information content (AvgIpc) is 3.48. The topological polar surface area (TPSA) is 98.3 Å². The maximum Gasteiger partial charge on any atom is 0.340 e. The van der Waals surface area contributed by atoms with Gasteiger partial charge in [0.2, 0.25) is 5.91 Å². The zero-order valence-electron chi connectivity index (χ0n) is 18.7. The number of esters is 1. The Balaban J connectivity index is 1.18. The molecule has 9 nitrogen and oxygen atoms in total. The quantitative estimate of drug-likeness (QED) is 0.546. The highest BCUT2D eigenvalue weighted by Gasteiger charge is 2.44. The highest BCUT2D eigenvalue weighted by Crippen LogP contribution is 2.35. The number of hydrazine groups is 1. The van der Waals surface area contributed by atoms with Crippen molar-refractivity contribution in [2.24, 2.45) is 5.10 Å². The minimum Gasteiger partial charge on any atom is -0.462 e. The third-order valence-electron chi connectivity index (χ3n) is 5.94. The molecule has 1 amide bonds. The van der Waals surface area contributed by atoms with Gasteiger partial charge in [-0.25, -0.2) is 10.2 Å². The minimum absolute atomic E-state index is 0.0127. The van der Waals surface area contributed by atoms with Gasteiger partial charge in [-0.15, -0.1) is 0 Å². The number of carbonyl (C=O) groups excluding carboxylic acids is 2. The molecule has 1 saturated heterocycles. The van der Waals surface area contributed by atoms with Crippen molar-refractivity contribution in [1.29, 1.82) is 0 Å². The fourth-order valence-corrected chi connectivity index (χ4v) is 5.12. The Bertz CT molecular complexity index is 1120. The summed E-state index contributed by atoms with van der Waals surface area (Å²) in [5.74, 6) is -0.518. The van der Waals surface area contributed by atoms with Crippen molar-refractivity contribution in [3.05, 3.63) is 78.1 Å². The van der Waals surface area contributed by atoms with Crippen LogP contribution >= 0.6 is 11.8 Å². The zero-order valence-corrected chi connectivity index (χ0v) is 19.5. The number of ether oxygens (including phenoxy) is 1. The molecular weight excluding hydrogens is 452 g/mol. The molecule has 3 aliphatic heterocycles. The van der Waals surface area contributed by atoms with Gasteiger partial charge in [-0.05, 0) is 31.0 Å². The van der Waals surface area contributed by atoms with Gasteiger partial charge >= 0.3 is 5.97 Å². The van der Waals surface area contributed by atoms with Crippen LogP contribution in [0, 0.1) is 0 Å². The van der Waals surface area contributed by atoms with Crippen LogP contribution < -0.4 is 16.2 Å². The molecule has 3 atom stereocenters. The fraction of sp³-hybridized carbons (Fsp3) is 0.292. The number of amides is 1. The van der Waals surface area contributed by atoms with Crippen molar-refractivity contribution < 1.29 is 14.3 Å². The zero-order chi connectivity index (χ0) is 23.5. The van der Waals surface area contributed by atoms with Gasteiger partial charge in [0.25, 0.3) is 0 Å². The summed E-state index contributed by atoms with van der Waals surface area (Å²) in [7, 11) is 0. The van der Waals surface area contributed by atoms with Gasteiger partial charge in [0, 0.05) is 12.4 Å². The van der Waals surface area contributed by atoms with Crippen LogP contribution in [0.4, 0.5) is 5.69 Å². The highest BCUT2D eigenvalue weighted by atomic mass is 32.2. The van der Waals surface area contributed by atoms with Crippen LogP contribution in [0.5, 0.6) is 0 Å². The normalized spacial score (nSPS) is 22.5. The Morgan fingerprint density at radius 2 is 1.94 bits per heavy atom. The molecule has 34 heavy (non-hydrogen) atoms. The van der Waals surface area contributed by atoms with Crippen molar-refractivity contribution in [1.82, 2.24) is 20.8 Å². The average molecular weight is 479 g/mol. The van der Waals surface area contributed by atoms with E-state index in [-0.39, 0.29) is 36.5 Å². The van der Waals surface area contributed by atoms with Crippen molar-refractivity contribution >= 4 is 34.5 Å². The molecule has 3 N–H and O–H groups in total. The van der Waals surface area contributed by atoms with Gasteiger partial charge in [0.05, 0.1) is 35.7 Å². The first-order chi connectivity index (χ1) is 16.6. The second kappa shape index (κ2) is 9.78. The Kier molecular flexibility index (Phi) is 6.41. The Labute approximate surface area is 202 Å². The van der Waals surface area contributed by atoms with E-state index in [1.165, 1.54) is 17.3 Å². The molecule has 5 rings (SSSR count). The van der Waals surface area contributed by atoms with Gasteiger partial charge in [0.1, 0.15) is 6.17 Å². The number of carbonyl (C=O) groups is 2. The van der Waals surface area contributed by atoms with Crippen molar-refractivity contribution in [2.45, 2.75) is 31.6 Å². The molecule has 1 fully saturated rings. The number of anilines is 1. The van der Waals surface area contributed by atoms with Crippen LogP contribution in [0.2, 0.25) is 0 Å². The number of rotatable bonds is 6. The second-order valence-corrected chi connectivity index (χ2v) is 9.02. The van der Waals surface area contributed by atoms with E-state index in [1.54, 1.807) is 31.2 Å². The molecule has 3 unspecified atom stereocenters. The molecule has 0 radical (unpaired) electrons. The van der Waals surface area contributed by atoms with E-state index < -0.39 is 5.97 Å². The Hall–Kier alpha value is -3.50. The van der Waals surface area contributed by atoms with Crippen molar-refractivity contribution in [3.8, 4) is 0 Å². The third kappa shape index (κ3) is 4.46. The van der Waals surface area contributed by atoms with E-state index in [9.17, 15) is 9.59 Å². The van der Waals surface area contributed by atoms with E-state index in [1.807, 2.05) is 18.5 Å². The van der Waals surface area contributed by atoms with Crippen LogP contribution in [0.1, 0.15) is 35.3 Å². The summed E-state index contributed by atoms with van der Waals surface area (Å²) in [4.78, 5) is 26.8. The number of thioether (sulfide) groups is 1. The number of nitrogens with one attached hydrogen (secondary N) is 3. The summed E-state index contributed by atoms with van der Waals surface area (Å²) in [6.07, 6.45) is 4.91. The smallest absolute Gasteiger partial charge is 0.340 e. The maximum atomic E-state index is 12.6. The number of hydrazone groups is 1. The number of para-hydroxylation sites is 1. The largest absolute Gasteiger partial charge is 0.462 e. The molecule has 0 saturated carbocycles. The molecule has 0 spiro atoms. The van der Waals surface area contributed by atoms with Crippen molar-refractivity contribution in [3.63, 3.8) is 0 Å². The van der Waals surface area contributed by atoms with Crippen LogP contribution in [0.15, 0.2) is 72.1 Å². The lowest BCUT2D eigenvalue weighted by molar-refractivity contribution is -0.113. The molecule has 0 aromatic heterocycles. The molecule has 0 aliphatic carbocycles. The lowest BCUT2D eigenvalue weighted by Crippen LogP contribution is -2.54. The third-order valence-corrected chi connectivity index (χ3v) is 6.90. The van der Waals surface area contributed by atoms with E-state index in [2.05, 4.69) is 55.4 Å². The molecule has 0 bridgehead atoms. The fourth-order valence-electron chi connectivity index (χ4n) is 4.35. The second-order valence-electron chi connectivity index (χ2n) is 8.08. The first-order valence-electron chi connectivity index (χ1n) is 11.2. The molecule has 3 heterocycles. The first-order valence-corrected chi connectivity index (χ1v) is 12.2. The summed E-state index contributed by atoms with van der Waals surface area (Å²) in [5.41, 5.74) is 8.82. The van der Waals surface area contributed by atoms with Gasteiger partial charge in [-0.2, -0.15) is 5.10 Å². The van der Waals surface area contributed by atoms with E-state index in [0.29, 0.717) is 11.3 Å². The SMILES string of the molecule is CCOC(=O)c1ccccc1NC(=O)CSC1=NNC2C3CC(c4ccccc4)NN3C=CN12. The van der Waals surface area contributed by atoms with Gasteiger partial charge in [-0.3, -0.25) is 10.2 Å². The summed E-state index contributed by atoms with van der Waals surface area (Å²) in [5, 5.41) is 10.2. The monoisotopic (exact) mass is 478 g/mol. The Morgan fingerprint density at radius 3 is 2.76 bits per heavy atom. The molecule has 2 aromatic rings. The minimum atomic E-state index is -0.458. The summed E-state index contributed by atoms with van der Waals surface area (Å²) in [6.45, 7) is 2.02. The number of hydrogen-bond acceptors (Lipinski definition) is 9. The van der Waals surface area contributed by atoms with Crippen LogP contribution in [0.25, 0.3) is 0 Å². The van der Waals surface area contributed by atoms with Crippen LogP contribution in [-0.4, -0.2) is 51.5 Å². The summed E-state index contributed by atoms with van der Waals surface area (Å²) >= 11 is 1.35. The molecule has 3 aliphatic rings. The number of benzene rings is 2. The maximum absolute atomic E-state index is 12.6. The predicted molar refractivity (Wildman–Crippen MR) is 131 cm³/mol. The van der Waals surface area contributed by atoms with E-state index in [4.69, 9.17) is 4.74 Å². The first kappa shape index (κ1) is 22.3. The van der Waals surface area contributed by atoms with E-state index >= 15 is 0 Å². The lowest BCUT2D eigenvalue weighted by Gasteiger charge is -2.36. The highest BCUT2D eigenvalue weighted by molar-refractivity contribution is 8.14. The van der Waals surface area contributed by atoms with Gasteiger partial charge in [-0.1, -0.05) is 54.2 Å². The van der Waals surface area contributed by atoms with Crippen molar-refractivity contribution in [2.75, 3.05) is 17.7 Å². The van der Waals surface area contributed by atoms with E-state index in [0.717, 1.165) is 11.6 Å². The molecular formula is C24H26N6O3S. The number of hydrogen-bond donors (Lipinski definition) is 3. The standard InChI is InChI=1S/C24H26N6O3S/c1-2-33-23(32)17-10-6-7-11-18(17)25-21(31)15-34-24-27-26-22-20-14-19(16-8-4-3-5-9-16)28-30(20)13-12-29(22)24/h3-13,19-20,22,26,28H,2,14-15H2,1H3,(H,25,31). The number of fused-ring (bicyclic) bond motifs is 3. The Morgan fingerprint density at radius 1 is 1.15 bits per heavy atom. The van der Waals surface area contributed by atoms with Crippen LogP contribution in [-0.2, 0) is 9.53 Å². The molecule has 10 heteroatoms. The summed E-state index contributed by atoms with van der Waals surface area (Å²) in [6, 6.07) is 17.7. The van der Waals surface area contributed by atoms with Gasteiger partial charge < -0.3 is 20.0 Å². The lowest BCUT2D eigenvalue weighted by atomic mass is 10.00. The number of amidine groups is 1. The van der Waals surface area contributed by atoms with Crippen LogP contribution in [0.3, 0.4) is 0 Å². The molecule has 176 valence electrons. The number of nitrogens with zero attached hydrogens (tertiary/aromatic N) is 3. The predicted octanol–water partition coefficient (Wildman–Crippen LogP) is 2.84. The molecule has 2 aromatic carbocycles.